The normalized spacial score (nSPS) is 17.8. The van der Waals surface area contributed by atoms with Crippen molar-refractivity contribution in [3.05, 3.63) is 59.9 Å². The summed E-state index contributed by atoms with van der Waals surface area (Å²) in [6, 6.07) is 15.2. The lowest BCUT2D eigenvalue weighted by Crippen LogP contribution is -2.40. The van der Waals surface area contributed by atoms with Crippen LogP contribution < -0.4 is 10.1 Å². The summed E-state index contributed by atoms with van der Waals surface area (Å²) in [5.41, 5.74) is -0.352. The van der Waals surface area contributed by atoms with E-state index >= 15 is 0 Å². The van der Waals surface area contributed by atoms with Gasteiger partial charge in [-0.15, -0.1) is 0 Å². The standard InChI is InChI=1S/C23H19N3O5/c24-12-19-17-11-14(31-13-5-2-1-3-6-13)9-10-15(17)21(27)20(25-19)22(28)26-18-8-4-7-16(18)23(29)30/h1-3,5-6,9-11,16,18,27H,4,7-8H2,(H,26,28)(H,29,30)/t16-,18+/m0/s1. The topological polar surface area (TPSA) is 133 Å². The molecule has 2 aromatic carbocycles. The number of ether oxygens (including phenoxy) is 1. The maximum atomic E-state index is 12.7. The van der Waals surface area contributed by atoms with Crippen LogP contribution in [0.3, 0.4) is 0 Å². The third-order valence-electron chi connectivity index (χ3n) is 5.40. The van der Waals surface area contributed by atoms with Crippen molar-refractivity contribution in [3.8, 4) is 23.3 Å². The Morgan fingerprint density at radius 3 is 2.58 bits per heavy atom. The zero-order chi connectivity index (χ0) is 22.0. The molecule has 4 rings (SSSR count). The molecule has 1 aliphatic rings. The smallest absolute Gasteiger partial charge is 0.308 e. The monoisotopic (exact) mass is 417 g/mol. The summed E-state index contributed by atoms with van der Waals surface area (Å²) in [5, 5.41) is 32.8. The van der Waals surface area contributed by atoms with E-state index in [-0.39, 0.29) is 22.5 Å². The highest BCUT2D eigenvalue weighted by atomic mass is 16.5. The summed E-state index contributed by atoms with van der Waals surface area (Å²) in [6.45, 7) is 0. The van der Waals surface area contributed by atoms with Gasteiger partial charge in [-0.25, -0.2) is 4.98 Å². The molecule has 3 aromatic rings. The number of carboxylic acid groups (broad SMARTS) is 1. The van der Waals surface area contributed by atoms with Crippen molar-refractivity contribution in [1.29, 1.82) is 5.26 Å². The predicted molar refractivity (Wildman–Crippen MR) is 111 cm³/mol. The Labute approximate surface area is 177 Å². The van der Waals surface area contributed by atoms with Crippen molar-refractivity contribution < 1.29 is 24.5 Å². The minimum absolute atomic E-state index is 0.0438. The second-order valence-corrected chi connectivity index (χ2v) is 7.35. The average Bonchev–Trinajstić information content (AvgIpc) is 3.23. The van der Waals surface area contributed by atoms with Gasteiger partial charge >= 0.3 is 5.97 Å². The Balaban J connectivity index is 1.67. The Kier molecular flexibility index (Phi) is 5.41. The first-order valence-corrected chi connectivity index (χ1v) is 9.81. The van der Waals surface area contributed by atoms with E-state index in [0.29, 0.717) is 36.1 Å². The largest absolute Gasteiger partial charge is 0.505 e. The van der Waals surface area contributed by atoms with Gasteiger partial charge < -0.3 is 20.3 Å². The van der Waals surface area contributed by atoms with Gasteiger partial charge in [0.15, 0.2) is 11.4 Å². The lowest BCUT2D eigenvalue weighted by molar-refractivity contribution is -0.142. The number of hydrogen-bond acceptors (Lipinski definition) is 6. The lowest BCUT2D eigenvalue weighted by Gasteiger charge is -2.18. The Hall–Kier alpha value is -4.12. The minimum Gasteiger partial charge on any atom is -0.505 e. The Morgan fingerprint density at radius 1 is 1.10 bits per heavy atom. The Morgan fingerprint density at radius 2 is 1.87 bits per heavy atom. The summed E-state index contributed by atoms with van der Waals surface area (Å²) in [6.07, 6.45) is 1.69. The van der Waals surface area contributed by atoms with E-state index in [9.17, 15) is 25.1 Å². The van der Waals surface area contributed by atoms with Crippen molar-refractivity contribution >= 4 is 22.6 Å². The van der Waals surface area contributed by atoms with Gasteiger partial charge in [0, 0.05) is 16.8 Å². The van der Waals surface area contributed by atoms with Gasteiger partial charge in [-0.05, 0) is 43.2 Å². The molecule has 1 aliphatic carbocycles. The zero-order valence-corrected chi connectivity index (χ0v) is 16.4. The first kappa shape index (κ1) is 20.2. The molecule has 1 aromatic heterocycles. The first-order valence-electron chi connectivity index (χ1n) is 9.81. The molecule has 1 saturated carbocycles. The maximum Gasteiger partial charge on any atom is 0.308 e. The van der Waals surface area contributed by atoms with Crippen LogP contribution in [0, 0.1) is 17.2 Å². The number of aliphatic carboxylic acids is 1. The van der Waals surface area contributed by atoms with E-state index in [1.807, 2.05) is 24.3 Å². The number of para-hydroxylation sites is 1. The van der Waals surface area contributed by atoms with Gasteiger partial charge in [-0.3, -0.25) is 9.59 Å². The van der Waals surface area contributed by atoms with Crippen molar-refractivity contribution in [1.82, 2.24) is 10.3 Å². The van der Waals surface area contributed by atoms with Crippen molar-refractivity contribution in [2.75, 3.05) is 0 Å². The van der Waals surface area contributed by atoms with Gasteiger partial charge in [0.05, 0.1) is 5.92 Å². The fraction of sp³-hybridized carbons (Fsp3) is 0.217. The van der Waals surface area contributed by atoms with E-state index in [4.69, 9.17) is 4.74 Å². The fourth-order valence-electron chi connectivity index (χ4n) is 3.88. The summed E-state index contributed by atoms with van der Waals surface area (Å²) < 4.78 is 5.77. The number of carbonyl (C=O) groups is 2. The van der Waals surface area contributed by atoms with Crippen LogP contribution in [-0.4, -0.2) is 33.1 Å². The van der Waals surface area contributed by atoms with Crippen LogP contribution in [0.5, 0.6) is 17.2 Å². The van der Waals surface area contributed by atoms with Crippen LogP contribution in [0.25, 0.3) is 10.8 Å². The highest BCUT2D eigenvalue weighted by molar-refractivity contribution is 6.03. The summed E-state index contributed by atoms with van der Waals surface area (Å²) in [7, 11) is 0. The predicted octanol–water partition coefficient (Wildman–Crippen LogP) is 3.59. The minimum atomic E-state index is -0.970. The molecule has 0 spiro atoms. The number of nitrogens with zero attached hydrogens (tertiary/aromatic N) is 2. The van der Waals surface area contributed by atoms with E-state index in [2.05, 4.69) is 10.3 Å². The lowest BCUT2D eigenvalue weighted by atomic mass is 10.0. The molecule has 0 unspecified atom stereocenters. The van der Waals surface area contributed by atoms with Crippen LogP contribution >= 0.6 is 0 Å². The summed E-state index contributed by atoms with van der Waals surface area (Å²) in [4.78, 5) is 28.2. The van der Waals surface area contributed by atoms with Crippen LogP contribution in [0.15, 0.2) is 48.5 Å². The number of nitriles is 1. The van der Waals surface area contributed by atoms with Gasteiger partial charge in [-0.1, -0.05) is 24.6 Å². The van der Waals surface area contributed by atoms with Crippen molar-refractivity contribution in [3.63, 3.8) is 0 Å². The highest BCUT2D eigenvalue weighted by Gasteiger charge is 2.35. The second-order valence-electron chi connectivity index (χ2n) is 7.35. The number of amides is 1. The van der Waals surface area contributed by atoms with Gasteiger partial charge in [-0.2, -0.15) is 5.26 Å². The second kappa shape index (κ2) is 8.32. The third kappa shape index (κ3) is 3.98. The number of pyridine rings is 1. The van der Waals surface area contributed by atoms with E-state index in [1.54, 1.807) is 30.3 Å². The molecule has 3 N–H and O–H groups in total. The van der Waals surface area contributed by atoms with Gasteiger partial charge in [0.1, 0.15) is 23.3 Å². The SMILES string of the molecule is N#Cc1nc(C(=O)N[C@@H]2CCC[C@@H]2C(=O)O)c(O)c2ccc(Oc3ccccc3)cc12. The number of hydrogen-bond donors (Lipinski definition) is 3. The molecular formula is C23H19N3O5. The third-order valence-corrected chi connectivity index (χ3v) is 5.40. The van der Waals surface area contributed by atoms with Crippen molar-refractivity contribution in [2.45, 2.75) is 25.3 Å². The molecule has 8 nitrogen and oxygen atoms in total. The molecule has 8 heteroatoms. The van der Waals surface area contributed by atoms with E-state index in [0.717, 1.165) is 0 Å². The number of carboxylic acids is 1. The van der Waals surface area contributed by atoms with E-state index in [1.165, 1.54) is 0 Å². The number of nitrogens with one attached hydrogen (secondary N) is 1. The highest BCUT2D eigenvalue weighted by Crippen LogP contribution is 2.34. The molecule has 1 heterocycles. The van der Waals surface area contributed by atoms with Crippen LogP contribution in [0.4, 0.5) is 0 Å². The van der Waals surface area contributed by atoms with Crippen molar-refractivity contribution in [2.24, 2.45) is 5.92 Å². The van der Waals surface area contributed by atoms with Crippen LogP contribution in [0.1, 0.15) is 35.4 Å². The molecule has 1 amide bonds. The molecule has 0 aliphatic heterocycles. The number of aromatic hydroxyl groups is 1. The molecule has 31 heavy (non-hydrogen) atoms. The summed E-state index contributed by atoms with van der Waals surface area (Å²) >= 11 is 0. The number of rotatable bonds is 5. The first-order chi connectivity index (χ1) is 15.0. The Bertz CT molecular complexity index is 1200. The van der Waals surface area contributed by atoms with Crippen LogP contribution in [0.2, 0.25) is 0 Å². The quantitative estimate of drug-likeness (QED) is 0.578. The number of fused-ring (bicyclic) bond motifs is 1. The van der Waals surface area contributed by atoms with Gasteiger partial charge in [0.2, 0.25) is 0 Å². The molecule has 0 radical (unpaired) electrons. The number of benzene rings is 2. The molecule has 2 atom stereocenters. The zero-order valence-electron chi connectivity index (χ0n) is 16.4. The number of carbonyl (C=O) groups excluding carboxylic acids is 1. The molecule has 1 fully saturated rings. The maximum absolute atomic E-state index is 12.7. The number of aromatic nitrogens is 1. The molecule has 0 bridgehead atoms. The van der Waals surface area contributed by atoms with E-state index < -0.39 is 23.8 Å². The van der Waals surface area contributed by atoms with Gasteiger partial charge in [0.25, 0.3) is 5.91 Å². The fourth-order valence-corrected chi connectivity index (χ4v) is 3.88. The molecule has 0 saturated heterocycles. The average molecular weight is 417 g/mol. The molecule has 156 valence electrons. The molecular weight excluding hydrogens is 398 g/mol. The summed E-state index contributed by atoms with van der Waals surface area (Å²) in [5.74, 6) is -1.68. The van der Waals surface area contributed by atoms with Crippen LogP contribution in [-0.2, 0) is 4.79 Å².